The molecule has 0 saturated heterocycles. The quantitative estimate of drug-likeness (QED) is 0.683. The molecule has 0 aliphatic carbocycles. The van der Waals surface area contributed by atoms with E-state index >= 15 is 0 Å². The van der Waals surface area contributed by atoms with Crippen LogP contribution in [0.2, 0.25) is 0 Å². The van der Waals surface area contributed by atoms with Crippen molar-refractivity contribution in [3.05, 3.63) is 16.9 Å². The molecule has 1 aromatic heterocycles. The fraction of sp³-hybridized carbons (Fsp3) is 0.300. The number of hydrogen-bond donors (Lipinski definition) is 0. The second-order valence-corrected chi connectivity index (χ2v) is 6.97. The summed E-state index contributed by atoms with van der Waals surface area (Å²) < 4.78 is 84.4. The van der Waals surface area contributed by atoms with E-state index in [1.807, 2.05) is 0 Å². The van der Waals surface area contributed by atoms with Crippen molar-refractivity contribution in [3.63, 3.8) is 0 Å². The molecule has 2 heterocycles. The van der Waals surface area contributed by atoms with Gasteiger partial charge in [0, 0.05) is 12.1 Å². The van der Waals surface area contributed by atoms with Gasteiger partial charge in [0.15, 0.2) is 16.2 Å². The van der Waals surface area contributed by atoms with Crippen molar-refractivity contribution in [2.75, 3.05) is 6.26 Å². The Labute approximate surface area is 128 Å². The first-order chi connectivity index (χ1) is 9.92. The second-order valence-electron chi connectivity index (χ2n) is 4.43. The lowest BCUT2D eigenvalue weighted by Gasteiger charge is -2.31. The first kappa shape index (κ1) is 15.3. The fourth-order valence-electron chi connectivity index (χ4n) is 1.90. The maximum absolute atomic E-state index is 13.2. The van der Waals surface area contributed by atoms with Gasteiger partial charge in [-0.3, -0.25) is 0 Å². The van der Waals surface area contributed by atoms with Crippen LogP contribution in [0.1, 0.15) is 0 Å². The summed E-state index contributed by atoms with van der Waals surface area (Å²) in [6.07, 6.45) is -8.89. The van der Waals surface area contributed by atoms with Crippen LogP contribution < -0.4 is 9.47 Å². The summed E-state index contributed by atoms with van der Waals surface area (Å²) in [5, 5.41) is 0. The number of nitrogens with zero attached hydrogens (tertiary/aromatic N) is 2. The SMILES string of the molecule is CS(=O)(=O)n1c(Br)nc2cc3c(cc21)OC(F)(F)C(F)(F)O3. The molecule has 0 fully saturated rings. The van der Waals surface area contributed by atoms with E-state index in [1.165, 1.54) is 0 Å². The highest BCUT2D eigenvalue weighted by molar-refractivity contribution is 9.10. The highest BCUT2D eigenvalue weighted by Crippen LogP contribution is 2.48. The number of hydrogen-bond acceptors (Lipinski definition) is 5. The monoisotopic (exact) mass is 404 g/mol. The van der Waals surface area contributed by atoms with E-state index in [9.17, 15) is 26.0 Å². The van der Waals surface area contributed by atoms with Gasteiger partial charge in [0.05, 0.1) is 17.3 Å². The third-order valence-electron chi connectivity index (χ3n) is 2.79. The van der Waals surface area contributed by atoms with Crippen LogP contribution in [0.4, 0.5) is 17.6 Å². The molecule has 0 amide bonds. The first-order valence-corrected chi connectivity index (χ1v) is 8.13. The Balaban J connectivity index is 2.28. The molecule has 22 heavy (non-hydrogen) atoms. The van der Waals surface area contributed by atoms with Gasteiger partial charge < -0.3 is 9.47 Å². The third-order valence-corrected chi connectivity index (χ3v) is 4.59. The molecule has 0 bridgehead atoms. The Morgan fingerprint density at radius 1 is 1.14 bits per heavy atom. The van der Waals surface area contributed by atoms with Crippen LogP contribution in [0, 0.1) is 0 Å². The molecule has 120 valence electrons. The van der Waals surface area contributed by atoms with Gasteiger partial charge in [-0.05, 0) is 15.9 Å². The molecule has 0 radical (unpaired) electrons. The van der Waals surface area contributed by atoms with Gasteiger partial charge in [-0.2, -0.15) is 17.6 Å². The minimum atomic E-state index is -4.89. The molecule has 1 aromatic carbocycles. The number of ether oxygens (including phenoxy) is 2. The van der Waals surface area contributed by atoms with E-state index in [4.69, 9.17) is 0 Å². The molecule has 12 heteroatoms. The van der Waals surface area contributed by atoms with Crippen LogP contribution in [0.15, 0.2) is 16.9 Å². The Kier molecular flexibility index (Phi) is 2.96. The van der Waals surface area contributed by atoms with Gasteiger partial charge in [-0.25, -0.2) is 17.4 Å². The third kappa shape index (κ3) is 2.12. The van der Waals surface area contributed by atoms with Crippen molar-refractivity contribution in [1.29, 1.82) is 0 Å². The largest absolute Gasteiger partial charge is 0.507 e. The lowest BCUT2D eigenvalue weighted by Crippen LogP contribution is -2.52. The van der Waals surface area contributed by atoms with Gasteiger partial charge in [0.25, 0.3) is 0 Å². The van der Waals surface area contributed by atoms with E-state index in [0.717, 1.165) is 18.4 Å². The minimum Gasteiger partial charge on any atom is -0.421 e. The highest BCUT2D eigenvalue weighted by Gasteiger charge is 2.66. The summed E-state index contributed by atoms with van der Waals surface area (Å²) in [6, 6.07) is 1.73. The number of imidazole rings is 1. The molecular formula is C10H5BrF4N2O4S. The van der Waals surface area contributed by atoms with Crippen LogP contribution >= 0.6 is 15.9 Å². The number of alkyl halides is 4. The smallest absolute Gasteiger partial charge is 0.421 e. The van der Waals surface area contributed by atoms with Gasteiger partial charge in [0.1, 0.15) is 0 Å². The number of halogens is 5. The van der Waals surface area contributed by atoms with E-state index in [1.54, 1.807) is 0 Å². The van der Waals surface area contributed by atoms with Gasteiger partial charge >= 0.3 is 12.2 Å². The molecule has 1 aliphatic rings. The van der Waals surface area contributed by atoms with Crippen molar-refractivity contribution in [2.24, 2.45) is 0 Å². The summed E-state index contributed by atoms with van der Waals surface area (Å²) in [5.74, 6) is -1.39. The van der Waals surface area contributed by atoms with Crippen molar-refractivity contribution in [2.45, 2.75) is 12.2 Å². The number of rotatable bonds is 1. The first-order valence-electron chi connectivity index (χ1n) is 5.48. The van der Waals surface area contributed by atoms with Crippen LogP contribution in [-0.4, -0.2) is 35.8 Å². The number of fused-ring (bicyclic) bond motifs is 2. The molecular weight excluding hydrogens is 400 g/mol. The molecule has 0 atom stereocenters. The molecule has 0 unspecified atom stereocenters. The lowest BCUT2D eigenvalue weighted by molar-refractivity contribution is -0.391. The molecule has 0 N–H and O–H groups in total. The van der Waals surface area contributed by atoms with E-state index in [-0.39, 0.29) is 15.8 Å². The predicted molar refractivity (Wildman–Crippen MR) is 68.8 cm³/mol. The van der Waals surface area contributed by atoms with Gasteiger partial charge in [0.2, 0.25) is 10.0 Å². The van der Waals surface area contributed by atoms with E-state index < -0.39 is 33.7 Å². The zero-order valence-corrected chi connectivity index (χ0v) is 12.9. The summed E-state index contributed by atoms with van der Waals surface area (Å²) >= 11 is 2.89. The highest BCUT2D eigenvalue weighted by atomic mass is 79.9. The molecule has 1 aliphatic heterocycles. The Hall–Kier alpha value is -1.56. The lowest BCUT2D eigenvalue weighted by atomic mass is 10.2. The van der Waals surface area contributed by atoms with Crippen LogP contribution in [0.5, 0.6) is 11.5 Å². The Morgan fingerprint density at radius 3 is 2.14 bits per heavy atom. The normalized spacial score (nSPS) is 19.4. The summed E-state index contributed by atoms with van der Waals surface area (Å²) in [6.45, 7) is 0. The summed E-state index contributed by atoms with van der Waals surface area (Å²) in [7, 11) is -3.82. The summed E-state index contributed by atoms with van der Waals surface area (Å²) in [5.41, 5.74) is -0.182. The number of benzene rings is 1. The van der Waals surface area contributed by atoms with Crippen molar-refractivity contribution in [3.8, 4) is 11.5 Å². The van der Waals surface area contributed by atoms with Crippen LogP contribution in [-0.2, 0) is 10.0 Å². The standard InChI is InChI=1S/C10H5BrF4N2O4S/c1-22(18,19)17-5-3-7-6(2-4(5)16-8(17)11)20-9(12,13)10(14,15)21-7/h2-3H,1H3. The fourth-order valence-corrected chi connectivity index (χ4v) is 3.89. The zero-order chi connectivity index (χ0) is 16.5. The topological polar surface area (TPSA) is 70.4 Å². The molecule has 2 aromatic rings. The minimum absolute atomic E-state index is 0.0549. The van der Waals surface area contributed by atoms with Gasteiger partial charge in [-0.15, -0.1) is 0 Å². The molecule has 0 saturated carbocycles. The zero-order valence-electron chi connectivity index (χ0n) is 10.5. The predicted octanol–water partition coefficient (Wildman–Crippen LogP) is 2.56. The van der Waals surface area contributed by atoms with Crippen molar-refractivity contribution in [1.82, 2.24) is 8.96 Å². The number of aromatic nitrogens is 2. The Bertz CT molecular complexity index is 896. The van der Waals surface area contributed by atoms with Crippen molar-refractivity contribution >= 4 is 37.0 Å². The summed E-state index contributed by atoms with van der Waals surface area (Å²) in [4.78, 5) is 3.80. The molecule has 3 rings (SSSR count). The van der Waals surface area contributed by atoms with Crippen LogP contribution in [0.25, 0.3) is 11.0 Å². The molecule has 0 spiro atoms. The van der Waals surface area contributed by atoms with E-state index in [2.05, 4.69) is 30.4 Å². The average molecular weight is 405 g/mol. The second kappa shape index (κ2) is 4.25. The maximum atomic E-state index is 13.2. The van der Waals surface area contributed by atoms with Crippen LogP contribution in [0.3, 0.4) is 0 Å². The van der Waals surface area contributed by atoms with Crippen molar-refractivity contribution < 1.29 is 35.5 Å². The molecule has 6 nitrogen and oxygen atoms in total. The Morgan fingerprint density at radius 2 is 1.64 bits per heavy atom. The van der Waals surface area contributed by atoms with Gasteiger partial charge in [-0.1, -0.05) is 0 Å². The average Bonchev–Trinajstić information content (AvgIpc) is 2.61. The maximum Gasteiger partial charge on any atom is 0.507 e. The van der Waals surface area contributed by atoms with E-state index in [0.29, 0.717) is 3.97 Å².